The Kier molecular flexibility index (Phi) is 2.11. The third-order valence-electron chi connectivity index (χ3n) is 1.41. The Morgan fingerprint density at radius 3 is 2.69 bits per heavy atom. The molecule has 0 unspecified atom stereocenters. The van der Waals surface area contributed by atoms with Crippen LogP contribution in [0.1, 0.15) is 21.9 Å². The number of aromatic carboxylic acids is 1. The molecule has 0 fully saturated rings. The number of hydrogen-bond donors (Lipinski definition) is 2. The summed E-state index contributed by atoms with van der Waals surface area (Å²) in [5.74, 6) is -1.49. The van der Waals surface area contributed by atoms with Crippen LogP contribution in [0, 0.1) is 18.3 Å². The fourth-order valence-corrected chi connectivity index (χ4v) is 0.796. The first-order valence-electron chi connectivity index (χ1n) is 3.33. The smallest absolute Gasteiger partial charge is 0.358 e. The molecule has 1 rings (SSSR count). The zero-order valence-electron chi connectivity index (χ0n) is 6.77. The van der Waals surface area contributed by atoms with Crippen molar-refractivity contribution in [1.82, 2.24) is 9.97 Å². The van der Waals surface area contributed by atoms with Crippen LogP contribution >= 0.6 is 0 Å². The second-order valence-corrected chi connectivity index (χ2v) is 2.31. The summed E-state index contributed by atoms with van der Waals surface area (Å²) in [5, 5.41) is 17.1. The lowest BCUT2D eigenvalue weighted by atomic mass is 10.3. The van der Waals surface area contributed by atoms with E-state index in [2.05, 4.69) is 9.97 Å². The fourth-order valence-electron chi connectivity index (χ4n) is 0.796. The van der Waals surface area contributed by atoms with Crippen LogP contribution in [-0.4, -0.2) is 21.0 Å². The average Bonchev–Trinajstić information content (AvgIpc) is 2.07. The molecule has 1 heterocycles. The summed E-state index contributed by atoms with van der Waals surface area (Å²) in [5.41, 5.74) is 5.24. The highest BCUT2D eigenvalue weighted by atomic mass is 16.4. The molecule has 0 saturated carbocycles. The molecular formula is C7H6N4O2. The lowest BCUT2D eigenvalue weighted by Gasteiger charge is -2.01. The van der Waals surface area contributed by atoms with Gasteiger partial charge in [-0.3, -0.25) is 0 Å². The van der Waals surface area contributed by atoms with Gasteiger partial charge < -0.3 is 10.8 Å². The average molecular weight is 178 g/mol. The summed E-state index contributed by atoms with van der Waals surface area (Å²) in [6, 6.07) is 1.76. The maximum atomic E-state index is 10.5. The highest BCUT2D eigenvalue weighted by Crippen LogP contribution is 2.09. The van der Waals surface area contributed by atoms with E-state index in [4.69, 9.17) is 16.1 Å². The number of carbonyl (C=O) groups is 1. The predicted octanol–water partition coefficient (Wildman–Crippen LogP) is -0.0629. The standard InChI is InChI=1S/C7H6N4O2/c1-3-4(2-8)11-6(9)5(10-3)7(12)13/h1H3,(H2,9,11)(H,12,13). The molecule has 0 saturated heterocycles. The largest absolute Gasteiger partial charge is 0.476 e. The van der Waals surface area contributed by atoms with Gasteiger partial charge in [0.25, 0.3) is 0 Å². The molecule has 3 N–H and O–H groups in total. The molecule has 0 aromatic carbocycles. The van der Waals surface area contributed by atoms with Gasteiger partial charge in [0.15, 0.2) is 17.2 Å². The van der Waals surface area contributed by atoms with Gasteiger partial charge in [0.2, 0.25) is 0 Å². The minimum Gasteiger partial charge on any atom is -0.476 e. The van der Waals surface area contributed by atoms with Crippen LogP contribution in [-0.2, 0) is 0 Å². The quantitative estimate of drug-likeness (QED) is 0.622. The monoisotopic (exact) mass is 178 g/mol. The SMILES string of the molecule is Cc1nc(C(=O)O)c(N)nc1C#N. The number of nitrogens with two attached hydrogens (primary N) is 1. The molecule has 0 aliphatic carbocycles. The number of hydrogen-bond acceptors (Lipinski definition) is 5. The number of aryl methyl sites for hydroxylation is 1. The van der Waals surface area contributed by atoms with Crippen LogP contribution in [0.3, 0.4) is 0 Å². The molecule has 6 heteroatoms. The van der Waals surface area contributed by atoms with Crippen molar-refractivity contribution >= 4 is 11.8 Å². The van der Waals surface area contributed by atoms with E-state index in [1.54, 1.807) is 6.07 Å². The van der Waals surface area contributed by atoms with Crippen LogP contribution in [0.15, 0.2) is 0 Å². The molecular weight excluding hydrogens is 172 g/mol. The second kappa shape index (κ2) is 3.06. The molecule has 0 aliphatic rings. The van der Waals surface area contributed by atoms with Gasteiger partial charge in [-0.05, 0) is 6.92 Å². The number of rotatable bonds is 1. The highest BCUT2D eigenvalue weighted by Gasteiger charge is 2.13. The summed E-state index contributed by atoms with van der Waals surface area (Å²) in [6.07, 6.45) is 0. The predicted molar refractivity (Wildman–Crippen MR) is 42.9 cm³/mol. The first-order chi connectivity index (χ1) is 6.06. The third kappa shape index (κ3) is 1.54. The number of carboxylic acid groups (broad SMARTS) is 1. The zero-order valence-corrected chi connectivity index (χ0v) is 6.77. The second-order valence-electron chi connectivity index (χ2n) is 2.31. The van der Waals surface area contributed by atoms with Gasteiger partial charge in [-0.15, -0.1) is 0 Å². The molecule has 0 bridgehead atoms. The minimum absolute atomic E-state index is 0.0440. The van der Waals surface area contributed by atoms with E-state index < -0.39 is 5.97 Å². The van der Waals surface area contributed by atoms with Crippen LogP contribution in [0.5, 0.6) is 0 Å². The molecule has 1 aromatic heterocycles. The van der Waals surface area contributed by atoms with E-state index in [0.717, 1.165) is 0 Å². The molecule has 13 heavy (non-hydrogen) atoms. The molecule has 0 aliphatic heterocycles. The van der Waals surface area contributed by atoms with Gasteiger partial charge in [-0.1, -0.05) is 0 Å². The van der Waals surface area contributed by atoms with Crippen molar-refractivity contribution < 1.29 is 9.90 Å². The van der Waals surface area contributed by atoms with Crippen molar-refractivity contribution in [3.63, 3.8) is 0 Å². The van der Waals surface area contributed by atoms with Crippen molar-refractivity contribution in [1.29, 1.82) is 5.26 Å². The van der Waals surface area contributed by atoms with Crippen molar-refractivity contribution in [3.05, 3.63) is 17.1 Å². The first-order valence-corrected chi connectivity index (χ1v) is 3.33. The van der Waals surface area contributed by atoms with E-state index in [1.807, 2.05) is 0 Å². The van der Waals surface area contributed by atoms with Crippen molar-refractivity contribution in [3.8, 4) is 6.07 Å². The van der Waals surface area contributed by atoms with Gasteiger partial charge in [-0.2, -0.15) is 5.26 Å². The van der Waals surface area contributed by atoms with Crippen LogP contribution in [0.2, 0.25) is 0 Å². The Morgan fingerprint density at radius 2 is 2.23 bits per heavy atom. The van der Waals surface area contributed by atoms with Gasteiger partial charge in [0, 0.05) is 0 Å². The number of anilines is 1. The van der Waals surface area contributed by atoms with E-state index in [1.165, 1.54) is 6.92 Å². The number of nitrogen functional groups attached to an aromatic ring is 1. The Balaban J connectivity index is 3.39. The van der Waals surface area contributed by atoms with Gasteiger partial charge in [-0.25, -0.2) is 14.8 Å². The minimum atomic E-state index is -1.25. The lowest BCUT2D eigenvalue weighted by Crippen LogP contribution is -2.10. The molecule has 6 nitrogen and oxygen atoms in total. The Morgan fingerprint density at radius 1 is 1.62 bits per heavy atom. The Labute approximate surface area is 73.7 Å². The summed E-state index contributed by atoms with van der Waals surface area (Å²) in [7, 11) is 0. The van der Waals surface area contributed by atoms with E-state index in [0.29, 0.717) is 0 Å². The van der Waals surface area contributed by atoms with E-state index >= 15 is 0 Å². The lowest BCUT2D eigenvalue weighted by molar-refractivity contribution is 0.0691. The fraction of sp³-hybridized carbons (Fsp3) is 0.143. The van der Waals surface area contributed by atoms with Crippen LogP contribution in [0.25, 0.3) is 0 Å². The number of carboxylic acids is 1. The molecule has 0 spiro atoms. The van der Waals surface area contributed by atoms with Crippen molar-refractivity contribution in [2.45, 2.75) is 6.92 Å². The zero-order chi connectivity index (χ0) is 10.0. The van der Waals surface area contributed by atoms with E-state index in [-0.39, 0.29) is 22.9 Å². The summed E-state index contributed by atoms with van der Waals surface area (Å²) in [4.78, 5) is 17.7. The normalized spacial score (nSPS) is 9.23. The van der Waals surface area contributed by atoms with Gasteiger partial charge in [0.1, 0.15) is 6.07 Å². The topological polar surface area (TPSA) is 113 Å². The summed E-state index contributed by atoms with van der Waals surface area (Å²) < 4.78 is 0. The Hall–Kier alpha value is -2.16. The Bertz CT molecular complexity index is 408. The van der Waals surface area contributed by atoms with E-state index in [9.17, 15) is 4.79 Å². The summed E-state index contributed by atoms with van der Waals surface area (Å²) in [6.45, 7) is 1.50. The molecule has 66 valence electrons. The maximum Gasteiger partial charge on any atom is 0.358 e. The number of aromatic nitrogens is 2. The van der Waals surface area contributed by atoms with Crippen molar-refractivity contribution in [2.75, 3.05) is 5.73 Å². The highest BCUT2D eigenvalue weighted by molar-refractivity contribution is 5.90. The summed E-state index contributed by atoms with van der Waals surface area (Å²) >= 11 is 0. The number of nitrogens with zero attached hydrogens (tertiary/aromatic N) is 3. The maximum absolute atomic E-state index is 10.5. The number of nitriles is 1. The van der Waals surface area contributed by atoms with Crippen LogP contribution in [0.4, 0.5) is 5.82 Å². The van der Waals surface area contributed by atoms with Crippen molar-refractivity contribution in [2.24, 2.45) is 0 Å². The molecule has 1 aromatic rings. The van der Waals surface area contributed by atoms with Gasteiger partial charge >= 0.3 is 5.97 Å². The first kappa shape index (κ1) is 8.93. The third-order valence-corrected chi connectivity index (χ3v) is 1.41. The van der Waals surface area contributed by atoms with Gasteiger partial charge in [0.05, 0.1) is 5.69 Å². The molecule has 0 amide bonds. The molecule has 0 radical (unpaired) electrons. The molecule has 0 atom stereocenters. The van der Waals surface area contributed by atoms with Crippen LogP contribution < -0.4 is 5.73 Å².